The van der Waals surface area contributed by atoms with E-state index in [4.69, 9.17) is 0 Å². The van der Waals surface area contributed by atoms with E-state index in [2.05, 4.69) is 14.9 Å². The molecule has 0 amide bonds. The lowest BCUT2D eigenvalue weighted by Gasteiger charge is -2.07. The smallest absolute Gasteiger partial charge is 0.132 e. The second-order valence-corrected chi connectivity index (χ2v) is 5.04. The molecule has 0 unspecified atom stereocenters. The third kappa shape index (κ3) is 2.88. The van der Waals surface area contributed by atoms with Crippen LogP contribution in [0.3, 0.4) is 0 Å². The van der Waals surface area contributed by atoms with Crippen molar-refractivity contribution in [2.45, 2.75) is 26.4 Å². The van der Waals surface area contributed by atoms with Gasteiger partial charge in [-0.05, 0) is 29.7 Å². The number of hydrogen-bond acceptors (Lipinski definition) is 4. The van der Waals surface area contributed by atoms with Crippen LogP contribution >= 0.6 is 11.5 Å². The Labute approximate surface area is 108 Å². The van der Waals surface area contributed by atoms with Crippen molar-refractivity contribution in [1.29, 1.82) is 0 Å². The van der Waals surface area contributed by atoms with Gasteiger partial charge in [0.1, 0.15) is 17.3 Å². The molecule has 0 saturated carbocycles. The molecule has 0 aliphatic carbocycles. The molecule has 3 nitrogen and oxygen atoms in total. The van der Waals surface area contributed by atoms with Crippen molar-refractivity contribution in [3.05, 3.63) is 34.7 Å². The summed E-state index contributed by atoms with van der Waals surface area (Å²) in [4.78, 5) is 0.799. The van der Waals surface area contributed by atoms with E-state index in [0.717, 1.165) is 23.1 Å². The van der Waals surface area contributed by atoms with Crippen LogP contribution in [0.4, 0.5) is 8.78 Å². The maximum atomic E-state index is 13.7. The molecule has 0 atom stereocenters. The minimum Gasteiger partial charge on any atom is -0.310 e. The summed E-state index contributed by atoms with van der Waals surface area (Å²) < 4.78 is 30.6. The number of nitrogens with zero attached hydrogens (tertiary/aromatic N) is 2. The second-order valence-electron chi connectivity index (χ2n) is 4.20. The van der Waals surface area contributed by atoms with Crippen LogP contribution < -0.4 is 5.32 Å². The zero-order chi connectivity index (χ0) is 13.1. The van der Waals surface area contributed by atoms with E-state index in [1.54, 1.807) is 0 Å². The average molecular weight is 269 g/mol. The van der Waals surface area contributed by atoms with Gasteiger partial charge in [-0.1, -0.05) is 18.3 Å². The number of benzene rings is 1. The van der Waals surface area contributed by atoms with Crippen molar-refractivity contribution in [2.75, 3.05) is 0 Å². The number of rotatable bonds is 4. The number of hydrogen-bond donors (Lipinski definition) is 1. The molecule has 1 aromatic carbocycles. The number of nitrogens with one attached hydrogen (secondary N) is 1. The molecule has 2 aromatic rings. The first-order valence-electron chi connectivity index (χ1n) is 5.58. The Morgan fingerprint density at radius 3 is 2.83 bits per heavy atom. The van der Waals surface area contributed by atoms with Crippen LogP contribution in [0, 0.1) is 11.6 Å². The third-order valence-corrected chi connectivity index (χ3v) is 3.13. The molecule has 0 bridgehead atoms. The highest BCUT2D eigenvalue weighted by molar-refractivity contribution is 7.05. The van der Waals surface area contributed by atoms with Gasteiger partial charge in [0.2, 0.25) is 0 Å². The van der Waals surface area contributed by atoms with E-state index in [1.807, 2.05) is 13.8 Å². The van der Waals surface area contributed by atoms with Gasteiger partial charge >= 0.3 is 0 Å². The molecule has 96 valence electrons. The Balaban J connectivity index is 2.33. The first-order valence-corrected chi connectivity index (χ1v) is 6.35. The van der Waals surface area contributed by atoms with Crippen molar-refractivity contribution in [2.24, 2.45) is 0 Å². The maximum absolute atomic E-state index is 13.7. The third-order valence-electron chi connectivity index (χ3n) is 2.41. The molecular weight excluding hydrogens is 256 g/mol. The molecule has 1 heterocycles. The van der Waals surface area contributed by atoms with Crippen molar-refractivity contribution in [3.8, 4) is 11.3 Å². The van der Waals surface area contributed by atoms with Gasteiger partial charge in [0.25, 0.3) is 0 Å². The molecule has 0 spiro atoms. The Kier molecular flexibility index (Phi) is 3.98. The summed E-state index contributed by atoms with van der Waals surface area (Å²) in [7, 11) is 0. The van der Waals surface area contributed by atoms with E-state index in [-0.39, 0.29) is 5.56 Å². The Morgan fingerprint density at radius 2 is 2.11 bits per heavy atom. The van der Waals surface area contributed by atoms with Crippen LogP contribution in [0.15, 0.2) is 18.2 Å². The second kappa shape index (κ2) is 5.49. The Morgan fingerprint density at radius 1 is 1.33 bits per heavy atom. The lowest BCUT2D eigenvalue weighted by Crippen LogP contribution is -2.21. The Bertz CT molecular complexity index is 540. The molecule has 6 heteroatoms. The zero-order valence-corrected chi connectivity index (χ0v) is 10.9. The Hall–Kier alpha value is -1.40. The molecule has 0 radical (unpaired) electrons. The lowest BCUT2D eigenvalue weighted by atomic mass is 10.1. The highest BCUT2D eigenvalue weighted by atomic mass is 32.1. The van der Waals surface area contributed by atoms with Crippen LogP contribution in [0.5, 0.6) is 0 Å². The van der Waals surface area contributed by atoms with Crippen LogP contribution in [0.2, 0.25) is 0 Å². The van der Waals surface area contributed by atoms with Crippen molar-refractivity contribution in [1.82, 2.24) is 14.9 Å². The predicted octanol–water partition coefficient (Wildman–Crippen LogP) is 2.98. The van der Waals surface area contributed by atoms with Crippen LogP contribution in [-0.4, -0.2) is 15.6 Å². The summed E-state index contributed by atoms with van der Waals surface area (Å²) in [6, 6.07) is 3.64. The largest absolute Gasteiger partial charge is 0.310 e. The molecule has 1 N–H and O–H groups in total. The van der Waals surface area contributed by atoms with Crippen LogP contribution in [0.25, 0.3) is 11.3 Å². The zero-order valence-electron chi connectivity index (χ0n) is 10.1. The lowest BCUT2D eigenvalue weighted by molar-refractivity contribution is 0.591. The fourth-order valence-corrected chi connectivity index (χ4v) is 2.11. The SMILES string of the molecule is CC(C)NCc1snnc1-c1cc(F)ccc1F. The molecule has 0 saturated heterocycles. The summed E-state index contributed by atoms with van der Waals surface area (Å²) in [5.41, 5.74) is 0.564. The fourth-order valence-electron chi connectivity index (χ4n) is 1.51. The molecule has 0 aliphatic rings. The summed E-state index contributed by atoms with van der Waals surface area (Å²) in [5, 5.41) is 7.09. The summed E-state index contributed by atoms with van der Waals surface area (Å²) in [6.45, 7) is 4.56. The van der Waals surface area contributed by atoms with Gasteiger partial charge in [0.05, 0.1) is 4.88 Å². The average Bonchev–Trinajstić information content (AvgIpc) is 2.77. The summed E-state index contributed by atoms with van der Waals surface area (Å²) in [6.07, 6.45) is 0. The molecule has 0 aliphatic heterocycles. The van der Waals surface area contributed by atoms with Gasteiger partial charge in [0, 0.05) is 18.2 Å². The molecule has 18 heavy (non-hydrogen) atoms. The van der Waals surface area contributed by atoms with Crippen molar-refractivity contribution < 1.29 is 8.78 Å². The van der Waals surface area contributed by atoms with Crippen molar-refractivity contribution >= 4 is 11.5 Å². The topological polar surface area (TPSA) is 37.8 Å². The normalized spacial score (nSPS) is 11.2. The van der Waals surface area contributed by atoms with Gasteiger partial charge in [-0.2, -0.15) is 0 Å². The highest BCUT2D eigenvalue weighted by Gasteiger charge is 2.15. The van der Waals surface area contributed by atoms with E-state index in [0.29, 0.717) is 18.3 Å². The van der Waals surface area contributed by atoms with Crippen LogP contribution in [-0.2, 0) is 6.54 Å². The molecular formula is C12H13F2N3S. The van der Waals surface area contributed by atoms with Gasteiger partial charge in [0.15, 0.2) is 0 Å². The maximum Gasteiger partial charge on any atom is 0.132 e. The van der Waals surface area contributed by atoms with Gasteiger partial charge < -0.3 is 5.32 Å². The first-order chi connectivity index (χ1) is 8.58. The first kappa shape index (κ1) is 13.0. The summed E-state index contributed by atoms with van der Waals surface area (Å²) in [5.74, 6) is -0.975. The predicted molar refractivity (Wildman–Crippen MR) is 67.2 cm³/mol. The molecule has 2 rings (SSSR count). The fraction of sp³-hybridized carbons (Fsp3) is 0.333. The quantitative estimate of drug-likeness (QED) is 0.927. The number of aromatic nitrogens is 2. The van der Waals surface area contributed by atoms with Gasteiger partial charge in [-0.3, -0.25) is 0 Å². The van der Waals surface area contributed by atoms with Crippen LogP contribution in [0.1, 0.15) is 18.7 Å². The van der Waals surface area contributed by atoms with Crippen molar-refractivity contribution in [3.63, 3.8) is 0 Å². The molecule has 1 aromatic heterocycles. The van der Waals surface area contributed by atoms with E-state index >= 15 is 0 Å². The van der Waals surface area contributed by atoms with E-state index < -0.39 is 11.6 Å². The van der Waals surface area contributed by atoms with E-state index in [9.17, 15) is 8.78 Å². The van der Waals surface area contributed by atoms with Gasteiger partial charge in [-0.25, -0.2) is 8.78 Å². The minimum absolute atomic E-state index is 0.157. The standard InChI is InChI=1S/C12H13F2N3S/c1-7(2)15-6-11-12(16-17-18-11)9-5-8(13)3-4-10(9)14/h3-5,7,15H,6H2,1-2H3. The minimum atomic E-state index is -0.491. The van der Waals surface area contributed by atoms with Gasteiger partial charge in [-0.15, -0.1) is 5.10 Å². The molecule has 0 fully saturated rings. The monoisotopic (exact) mass is 269 g/mol. The highest BCUT2D eigenvalue weighted by Crippen LogP contribution is 2.27. The summed E-state index contributed by atoms with van der Waals surface area (Å²) >= 11 is 1.19. The number of halogens is 2. The van der Waals surface area contributed by atoms with E-state index in [1.165, 1.54) is 11.5 Å².